The summed E-state index contributed by atoms with van der Waals surface area (Å²) in [5.74, 6) is -7.74. The van der Waals surface area contributed by atoms with Gasteiger partial charge in [-0.2, -0.15) is 26.3 Å². The summed E-state index contributed by atoms with van der Waals surface area (Å²) in [4.78, 5) is 53.5. The van der Waals surface area contributed by atoms with E-state index in [9.17, 15) is 45.8 Å². The van der Waals surface area contributed by atoms with Gasteiger partial charge in [-0.15, -0.1) is 11.3 Å². The highest BCUT2D eigenvalue weighted by atomic mass is 32.1. The fourth-order valence-corrected chi connectivity index (χ4v) is 4.35. The molecule has 0 saturated carbocycles. The molecule has 4 rings (SSSR count). The van der Waals surface area contributed by atoms with Crippen LogP contribution in [-0.4, -0.2) is 69.3 Å². The Morgan fingerprint density at radius 3 is 1.87 bits per heavy atom. The van der Waals surface area contributed by atoms with Crippen LogP contribution < -0.4 is 5.32 Å². The monoisotopic (exact) mass is 661 g/mol. The number of benzene rings is 2. The van der Waals surface area contributed by atoms with E-state index in [4.69, 9.17) is 19.5 Å². The van der Waals surface area contributed by atoms with Gasteiger partial charge in [-0.05, 0) is 36.1 Å². The van der Waals surface area contributed by atoms with E-state index in [1.54, 1.807) is 5.32 Å². The fraction of sp³-hybridized carbons (Fsp3) is 0.259. The lowest BCUT2D eigenvalue weighted by Crippen LogP contribution is -2.34. The first kappa shape index (κ1) is 34.5. The Morgan fingerprint density at radius 1 is 0.889 bits per heavy atom. The minimum atomic E-state index is -5.15. The van der Waals surface area contributed by atoms with Crippen molar-refractivity contribution in [1.29, 1.82) is 0 Å². The number of oxime groups is 1. The lowest BCUT2D eigenvalue weighted by molar-refractivity contribution is -0.192. The van der Waals surface area contributed by atoms with E-state index in [1.807, 2.05) is 48.5 Å². The quantitative estimate of drug-likeness (QED) is 0.127. The molecular weight excluding hydrogens is 640 g/mol. The third kappa shape index (κ3) is 8.55. The van der Waals surface area contributed by atoms with Crippen LogP contribution in [0.25, 0.3) is 11.1 Å². The highest BCUT2D eigenvalue weighted by Crippen LogP contribution is 2.44. The number of alkyl halides is 6. The third-order valence-corrected chi connectivity index (χ3v) is 6.64. The molecule has 0 bridgehead atoms. The molecule has 1 amide bonds. The van der Waals surface area contributed by atoms with Crippen LogP contribution in [0.5, 0.6) is 0 Å². The number of carbonyl (C=O) groups excluding carboxylic acids is 2. The van der Waals surface area contributed by atoms with Crippen LogP contribution in [0, 0.1) is 0 Å². The Hall–Kier alpha value is -5.00. The molecule has 2 aromatic carbocycles. The number of carboxylic acids is 2. The molecule has 0 aliphatic heterocycles. The van der Waals surface area contributed by atoms with Gasteiger partial charge in [-0.1, -0.05) is 53.7 Å². The smallest absolute Gasteiger partial charge is 0.478 e. The summed E-state index contributed by atoms with van der Waals surface area (Å²) < 4.78 is 75.1. The Kier molecular flexibility index (Phi) is 10.2. The number of aliphatic carboxylic acids is 2. The first-order chi connectivity index (χ1) is 20.8. The summed E-state index contributed by atoms with van der Waals surface area (Å²) in [6, 6.07) is 15.3. The molecule has 0 fully saturated rings. The molecule has 1 aromatic heterocycles. The van der Waals surface area contributed by atoms with Crippen molar-refractivity contribution < 1.29 is 65.3 Å². The first-order valence-electron chi connectivity index (χ1n) is 12.3. The maximum absolute atomic E-state index is 13.1. The van der Waals surface area contributed by atoms with E-state index in [1.165, 1.54) is 13.8 Å². The molecule has 3 N–H and O–H groups in total. The zero-order valence-corrected chi connectivity index (χ0v) is 23.7. The van der Waals surface area contributed by atoms with E-state index < -0.39 is 52.6 Å². The van der Waals surface area contributed by atoms with Crippen LogP contribution in [-0.2, 0) is 28.8 Å². The number of ether oxygens (including phenoxy) is 1. The molecule has 0 atom stereocenters. The van der Waals surface area contributed by atoms with E-state index >= 15 is 0 Å². The molecule has 0 spiro atoms. The Morgan fingerprint density at radius 2 is 1.40 bits per heavy atom. The third-order valence-electron chi connectivity index (χ3n) is 5.88. The molecule has 240 valence electrons. The molecule has 0 radical (unpaired) electrons. The van der Waals surface area contributed by atoms with Crippen molar-refractivity contribution in [3.63, 3.8) is 0 Å². The minimum absolute atomic E-state index is 0.115. The van der Waals surface area contributed by atoms with Crippen molar-refractivity contribution in [1.82, 2.24) is 4.98 Å². The number of anilines is 1. The lowest BCUT2D eigenvalue weighted by Gasteiger charge is -2.17. The van der Waals surface area contributed by atoms with Gasteiger partial charge < -0.3 is 19.8 Å². The second kappa shape index (κ2) is 13.3. The van der Waals surface area contributed by atoms with Crippen LogP contribution in [0.4, 0.5) is 31.5 Å². The Balaban J connectivity index is 0.000000707. The molecule has 0 saturated heterocycles. The summed E-state index contributed by atoms with van der Waals surface area (Å²) in [7, 11) is 0. The van der Waals surface area contributed by atoms with Gasteiger partial charge in [-0.25, -0.2) is 19.4 Å². The lowest BCUT2D eigenvalue weighted by atomic mass is 9.98. The summed E-state index contributed by atoms with van der Waals surface area (Å²) in [5.41, 5.74) is 1.16. The van der Waals surface area contributed by atoms with Crippen LogP contribution >= 0.6 is 11.3 Å². The number of hydrogen-bond donors (Lipinski definition) is 3. The number of rotatable bonds is 8. The van der Waals surface area contributed by atoms with Crippen LogP contribution in [0.2, 0.25) is 0 Å². The number of esters is 1. The number of aromatic nitrogens is 1. The molecule has 1 aliphatic carbocycles. The standard InChI is InChI=1S/C25H20F3N3O6S.C2HF3O2/c1-24(2,22(34)35)37-31-19(18-12-38-23(29-18)30-21(33)25(26,27)28)20(32)36-11-17-15-9-5-3-7-13(15)14-8-4-6-10-16(14)17;3-2(4,5)1(6)7/h3-10,12,17H,11H2,1-2H3,(H,34,35)(H,29,30,33);(H,6,7). The molecule has 0 unspecified atom stereocenters. The number of hydrogen-bond acceptors (Lipinski definition) is 9. The normalized spacial score (nSPS) is 13.1. The maximum atomic E-state index is 13.1. The van der Waals surface area contributed by atoms with Gasteiger partial charge in [0.05, 0.1) is 0 Å². The first-order valence-corrected chi connectivity index (χ1v) is 13.2. The summed E-state index contributed by atoms with van der Waals surface area (Å²) in [6.07, 6.45) is -10.2. The molecule has 11 nitrogen and oxygen atoms in total. The van der Waals surface area contributed by atoms with Crippen LogP contribution in [0.3, 0.4) is 0 Å². The van der Waals surface area contributed by atoms with E-state index in [0.29, 0.717) is 11.3 Å². The molecular formula is C27H21F6N3O8S. The van der Waals surface area contributed by atoms with Gasteiger partial charge in [0.15, 0.2) is 5.13 Å². The van der Waals surface area contributed by atoms with Gasteiger partial charge >= 0.3 is 36.2 Å². The topological polar surface area (TPSA) is 164 Å². The SMILES string of the molecule is CC(C)(ON=C(C(=O)OCC1c2ccccc2-c2ccccc21)c1csc(NC(=O)C(F)(F)F)n1)C(=O)O.O=C(O)C(F)(F)F. The second-order valence-corrected chi connectivity index (χ2v) is 10.3. The van der Waals surface area contributed by atoms with Gasteiger partial charge in [0, 0.05) is 11.3 Å². The highest BCUT2D eigenvalue weighted by molar-refractivity contribution is 7.14. The van der Waals surface area contributed by atoms with Gasteiger partial charge in [0.25, 0.3) is 0 Å². The predicted molar refractivity (Wildman–Crippen MR) is 145 cm³/mol. The summed E-state index contributed by atoms with van der Waals surface area (Å²) in [6.45, 7) is 2.25. The number of nitrogens with zero attached hydrogens (tertiary/aromatic N) is 2. The molecule has 45 heavy (non-hydrogen) atoms. The maximum Gasteiger partial charge on any atom is 0.490 e. The Labute approximate surface area is 253 Å². The number of carboxylic acid groups (broad SMARTS) is 2. The number of carbonyl (C=O) groups is 4. The summed E-state index contributed by atoms with van der Waals surface area (Å²) >= 11 is 0.601. The van der Waals surface area contributed by atoms with E-state index in [2.05, 4.69) is 10.1 Å². The van der Waals surface area contributed by atoms with E-state index in [-0.39, 0.29) is 18.2 Å². The van der Waals surface area contributed by atoms with E-state index in [0.717, 1.165) is 27.6 Å². The molecule has 18 heteroatoms. The predicted octanol–water partition coefficient (Wildman–Crippen LogP) is 5.22. The number of halogens is 6. The van der Waals surface area contributed by atoms with Crippen molar-refractivity contribution in [2.75, 3.05) is 11.9 Å². The average molecular weight is 662 g/mol. The fourth-order valence-electron chi connectivity index (χ4n) is 3.66. The second-order valence-electron chi connectivity index (χ2n) is 9.46. The van der Waals surface area contributed by atoms with Gasteiger partial charge in [0.1, 0.15) is 12.3 Å². The van der Waals surface area contributed by atoms with Crippen molar-refractivity contribution in [2.24, 2.45) is 5.16 Å². The number of thiazole rings is 1. The highest BCUT2D eigenvalue weighted by Gasteiger charge is 2.40. The number of nitrogens with one attached hydrogen (secondary N) is 1. The molecule has 1 heterocycles. The van der Waals surface area contributed by atoms with Crippen molar-refractivity contribution in [2.45, 2.75) is 37.7 Å². The minimum Gasteiger partial charge on any atom is -0.478 e. The van der Waals surface area contributed by atoms with Crippen LogP contribution in [0.15, 0.2) is 59.1 Å². The molecule has 1 aliphatic rings. The zero-order valence-electron chi connectivity index (χ0n) is 22.9. The number of fused-ring (bicyclic) bond motifs is 3. The van der Waals surface area contributed by atoms with Crippen LogP contribution in [0.1, 0.15) is 36.6 Å². The van der Waals surface area contributed by atoms with Crippen molar-refractivity contribution in [3.8, 4) is 11.1 Å². The van der Waals surface area contributed by atoms with Gasteiger partial charge in [0.2, 0.25) is 11.3 Å². The average Bonchev–Trinajstić information content (AvgIpc) is 3.53. The zero-order chi connectivity index (χ0) is 33.7. The Bertz CT molecular complexity index is 1590. The van der Waals surface area contributed by atoms with Crippen molar-refractivity contribution >= 4 is 46.0 Å². The van der Waals surface area contributed by atoms with Gasteiger partial charge in [-0.3, -0.25) is 10.1 Å². The van der Waals surface area contributed by atoms with Crippen molar-refractivity contribution in [3.05, 3.63) is 70.7 Å². The summed E-state index contributed by atoms with van der Waals surface area (Å²) in [5, 5.41) is 22.3. The number of amides is 1. The largest absolute Gasteiger partial charge is 0.490 e. The molecule has 3 aromatic rings.